The number of hydrogen-bond acceptors (Lipinski definition) is 3. The molecule has 0 saturated carbocycles. The van der Waals surface area contributed by atoms with Gasteiger partial charge in [0.05, 0.1) is 6.61 Å². The lowest BCUT2D eigenvalue weighted by molar-refractivity contribution is 0.173. The number of amides is 2. The van der Waals surface area contributed by atoms with Crippen molar-refractivity contribution < 1.29 is 9.53 Å². The fraction of sp³-hybridized carbons (Fsp3) is 0.917. The van der Waals surface area contributed by atoms with Crippen LogP contribution in [0.15, 0.2) is 0 Å². The molecule has 0 aliphatic carbocycles. The Morgan fingerprint density at radius 1 is 1.29 bits per heavy atom. The smallest absolute Gasteiger partial charge is 0.317 e. The minimum atomic E-state index is 0.0745. The van der Waals surface area contributed by atoms with Crippen LogP contribution < -0.4 is 10.6 Å². The molecule has 1 aliphatic rings. The van der Waals surface area contributed by atoms with Crippen molar-refractivity contribution in [1.29, 1.82) is 0 Å². The van der Waals surface area contributed by atoms with Gasteiger partial charge in [0.1, 0.15) is 0 Å². The minimum Gasteiger partial charge on any atom is -0.383 e. The number of ether oxygens (including phenoxy) is 1. The maximum Gasteiger partial charge on any atom is 0.317 e. The molecule has 5 nitrogen and oxygen atoms in total. The molecule has 1 aliphatic heterocycles. The van der Waals surface area contributed by atoms with E-state index in [2.05, 4.69) is 17.6 Å². The fourth-order valence-electron chi connectivity index (χ4n) is 1.88. The number of likely N-dealkylation sites (tertiary alicyclic amines) is 1. The molecule has 0 atom stereocenters. The van der Waals surface area contributed by atoms with Crippen LogP contribution >= 0.6 is 0 Å². The van der Waals surface area contributed by atoms with E-state index in [1.807, 2.05) is 4.90 Å². The molecule has 1 saturated heterocycles. The third-order valence-electron chi connectivity index (χ3n) is 3.13. The average Bonchev–Trinajstić information content (AvgIpc) is 2.34. The van der Waals surface area contributed by atoms with Gasteiger partial charge in [0.15, 0.2) is 0 Å². The Hall–Kier alpha value is -0.810. The largest absolute Gasteiger partial charge is 0.383 e. The second-order valence-electron chi connectivity index (χ2n) is 4.64. The van der Waals surface area contributed by atoms with Crippen LogP contribution in [-0.2, 0) is 4.74 Å². The summed E-state index contributed by atoms with van der Waals surface area (Å²) in [6, 6.07) is 0.0745. The van der Waals surface area contributed by atoms with Crippen LogP contribution in [0.25, 0.3) is 0 Å². The van der Waals surface area contributed by atoms with E-state index in [4.69, 9.17) is 4.74 Å². The maximum atomic E-state index is 11.8. The van der Waals surface area contributed by atoms with Crippen LogP contribution in [0.4, 0.5) is 4.79 Å². The maximum absolute atomic E-state index is 11.8. The monoisotopic (exact) mass is 243 g/mol. The van der Waals surface area contributed by atoms with Crippen LogP contribution in [0.2, 0.25) is 0 Å². The first-order chi connectivity index (χ1) is 8.24. The third-order valence-corrected chi connectivity index (χ3v) is 3.13. The Morgan fingerprint density at radius 2 is 2.00 bits per heavy atom. The van der Waals surface area contributed by atoms with E-state index in [9.17, 15) is 4.79 Å². The highest BCUT2D eigenvalue weighted by Crippen LogP contribution is 2.15. The molecular formula is C12H25N3O2. The predicted molar refractivity (Wildman–Crippen MR) is 68.1 cm³/mol. The first kappa shape index (κ1) is 14.3. The quantitative estimate of drug-likeness (QED) is 0.674. The van der Waals surface area contributed by atoms with Gasteiger partial charge in [-0.3, -0.25) is 0 Å². The van der Waals surface area contributed by atoms with Gasteiger partial charge in [-0.15, -0.1) is 0 Å². The molecule has 100 valence electrons. The number of carbonyl (C=O) groups excluding carboxylic acids is 1. The third kappa shape index (κ3) is 5.89. The second kappa shape index (κ2) is 8.31. The topological polar surface area (TPSA) is 53.6 Å². The van der Waals surface area contributed by atoms with Crippen molar-refractivity contribution in [1.82, 2.24) is 15.5 Å². The van der Waals surface area contributed by atoms with Crippen LogP contribution in [-0.4, -0.2) is 57.4 Å². The molecule has 2 amide bonds. The summed E-state index contributed by atoms with van der Waals surface area (Å²) in [5.74, 6) is 0.759. The number of piperidine rings is 1. The molecule has 2 N–H and O–H groups in total. The van der Waals surface area contributed by atoms with Crippen molar-refractivity contribution in [3.63, 3.8) is 0 Å². The number of rotatable bonds is 6. The molecule has 1 rings (SSSR count). The first-order valence-corrected chi connectivity index (χ1v) is 6.46. The number of nitrogens with zero attached hydrogens (tertiary/aromatic N) is 1. The number of nitrogens with one attached hydrogen (secondary N) is 2. The predicted octanol–water partition coefficient (Wildman–Crippen LogP) is 0.664. The molecular weight excluding hydrogens is 218 g/mol. The molecule has 0 aromatic rings. The van der Waals surface area contributed by atoms with E-state index in [1.165, 1.54) is 0 Å². The zero-order valence-electron chi connectivity index (χ0n) is 11.0. The number of carbonyl (C=O) groups is 1. The highest BCUT2D eigenvalue weighted by molar-refractivity contribution is 5.74. The second-order valence-corrected chi connectivity index (χ2v) is 4.64. The van der Waals surface area contributed by atoms with Gasteiger partial charge < -0.3 is 20.3 Å². The Bertz CT molecular complexity index is 216. The Labute approximate surface area is 104 Å². The van der Waals surface area contributed by atoms with Gasteiger partial charge in [-0.1, -0.05) is 6.92 Å². The van der Waals surface area contributed by atoms with Crippen LogP contribution in [0, 0.1) is 5.92 Å². The molecule has 0 bridgehead atoms. The Balaban J connectivity index is 2.01. The van der Waals surface area contributed by atoms with E-state index < -0.39 is 0 Å². The standard InChI is InChI=1S/C12H25N3O2/c1-11-3-8-15(9-4-11)12(16)14-6-5-13-7-10-17-2/h11,13H,3-10H2,1-2H3,(H,14,16). The summed E-state index contributed by atoms with van der Waals surface area (Å²) in [5.41, 5.74) is 0. The van der Waals surface area contributed by atoms with E-state index in [1.54, 1.807) is 7.11 Å². The minimum absolute atomic E-state index is 0.0745. The van der Waals surface area contributed by atoms with Crippen molar-refractivity contribution in [2.75, 3.05) is 46.4 Å². The summed E-state index contributed by atoms with van der Waals surface area (Å²) in [4.78, 5) is 13.7. The Morgan fingerprint density at radius 3 is 2.65 bits per heavy atom. The normalized spacial score (nSPS) is 17.2. The van der Waals surface area contributed by atoms with Gasteiger partial charge in [0.25, 0.3) is 0 Å². The Kier molecular flexibility index (Phi) is 6.96. The van der Waals surface area contributed by atoms with Crippen LogP contribution in [0.5, 0.6) is 0 Å². The molecule has 0 unspecified atom stereocenters. The summed E-state index contributed by atoms with van der Waals surface area (Å²) >= 11 is 0. The molecule has 0 aromatic carbocycles. The lowest BCUT2D eigenvalue weighted by Crippen LogP contribution is -2.45. The van der Waals surface area contributed by atoms with Gasteiger partial charge in [-0.05, 0) is 18.8 Å². The first-order valence-electron chi connectivity index (χ1n) is 6.46. The van der Waals surface area contributed by atoms with Gasteiger partial charge >= 0.3 is 6.03 Å². The van der Waals surface area contributed by atoms with E-state index in [0.29, 0.717) is 13.2 Å². The number of hydrogen-bond donors (Lipinski definition) is 2. The summed E-state index contributed by atoms with van der Waals surface area (Å²) in [6.07, 6.45) is 2.25. The molecule has 1 heterocycles. The summed E-state index contributed by atoms with van der Waals surface area (Å²) in [5, 5.41) is 6.12. The SMILES string of the molecule is COCCNCCNC(=O)N1CCC(C)CC1. The average molecular weight is 243 g/mol. The fourth-order valence-corrected chi connectivity index (χ4v) is 1.88. The number of urea groups is 1. The van der Waals surface area contributed by atoms with E-state index >= 15 is 0 Å². The van der Waals surface area contributed by atoms with Gasteiger partial charge in [0, 0.05) is 39.8 Å². The van der Waals surface area contributed by atoms with Crippen molar-refractivity contribution in [2.24, 2.45) is 5.92 Å². The van der Waals surface area contributed by atoms with Crippen LogP contribution in [0.3, 0.4) is 0 Å². The summed E-state index contributed by atoms with van der Waals surface area (Å²) < 4.78 is 4.92. The van der Waals surface area contributed by atoms with E-state index in [-0.39, 0.29) is 6.03 Å². The lowest BCUT2D eigenvalue weighted by Gasteiger charge is -2.30. The molecule has 1 fully saturated rings. The van der Waals surface area contributed by atoms with E-state index in [0.717, 1.165) is 44.9 Å². The summed E-state index contributed by atoms with van der Waals surface area (Å²) in [7, 11) is 1.68. The molecule has 5 heteroatoms. The lowest BCUT2D eigenvalue weighted by atomic mass is 10.00. The van der Waals surface area contributed by atoms with Crippen molar-refractivity contribution in [3.05, 3.63) is 0 Å². The molecule has 0 spiro atoms. The molecule has 0 aromatic heterocycles. The van der Waals surface area contributed by atoms with Crippen molar-refractivity contribution in [3.8, 4) is 0 Å². The highest BCUT2D eigenvalue weighted by atomic mass is 16.5. The zero-order chi connectivity index (χ0) is 12.5. The van der Waals surface area contributed by atoms with Gasteiger partial charge in [-0.25, -0.2) is 4.79 Å². The van der Waals surface area contributed by atoms with Crippen molar-refractivity contribution >= 4 is 6.03 Å². The van der Waals surface area contributed by atoms with Crippen LogP contribution in [0.1, 0.15) is 19.8 Å². The highest BCUT2D eigenvalue weighted by Gasteiger charge is 2.19. The molecule has 0 radical (unpaired) electrons. The summed E-state index contributed by atoms with van der Waals surface area (Å²) in [6.45, 7) is 7.03. The van der Waals surface area contributed by atoms with Gasteiger partial charge in [0.2, 0.25) is 0 Å². The van der Waals surface area contributed by atoms with Crippen molar-refractivity contribution in [2.45, 2.75) is 19.8 Å². The van der Waals surface area contributed by atoms with Gasteiger partial charge in [-0.2, -0.15) is 0 Å². The molecule has 17 heavy (non-hydrogen) atoms. The number of methoxy groups -OCH3 is 1. The zero-order valence-corrected chi connectivity index (χ0v) is 11.0.